The second-order valence-corrected chi connectivity index (χ2v) is 14.8. The maximum Gasteiger partial charge on any atom is 0.0626 e. The van der Waals surface area contributed by atoms with Crippen molar-refractivity contribution in [2.45, 2.75) is 0 Å². The predicted molar refractivity (Wildman–Crippen MR) is 237 cm³/mol. The molecule has 1 aromatic heterocycles. The molecule has 12 rings (SSSR count). The molecular formula is C54H33N. The second kappa shape index (κ2) is 11.6. The largest absolute Gasteiger partial charge is 0.309 e. The lowest BCUT2D eigenvalue weighted by Gasteiger charge is -2.16. The summed E-state index contributed by atoms with van der Waals surface area (Å²) in [5.74, 6) is 0. The molecule has 12 aromatic rings. The van der Waals surface area contributed by atoms with Crippen LogP contribution in [0, 0.1) is 0 Å². The van der Waals surface area contributed by atoms with Crippen molar-refractivity contribution < 1.29 is 0 Å². The highest BCUT2D eigenvalue weighted by molar-refractivity contribution is 6.38. The molecule has 0 bridgehead atoms. The molecular weight excluding hydrogens is 663 g/mol. The maximum absolute atomic E-state index is 2.50. The maximum atomic E-state index is 2.50. The van der Waals surface area contributed by atoms with E-state index in [1.54, 1.807) is 0 Å². The van der Waals surface area contributed by atoms with Gasteiger partial charge in [0.25, 0.3) is 0 Å². The zero-order valence-electron chi connectivity index (χ0n) is 30.0. The van der Waals surface area contributed by atoms with Crippen molar-refractivity contribution >= 4 is 86.4 Å². The molecule has 0 aliphatic carbocycles. The molecule has 0 unspecified atom stereocenters. The molecule has 0 saturated heterocycles. The number of rotatable bonds is 3. The van der Waals surface area contributed by atoms with Gasteiger partial charge in [0, 0.05) is 27.2 Å². The van der Waals surface area contributed by atoms with E-state index >= 15 is 0 Å². The first-order valence-corrected chi connectivity index (χ1v) is 19.1. The van der Waals surface area contributed by atoms with Gasteiger partial charge in [-0.15, -0.1) is 0 Å². The van der Waals surface area contributed by atoms with E-state index in [0.29, 0.717) is 0 Å². The van der Waals surface area contributed by atoms with Crippen LogP contribution in [-0.2, 0) is 0 Å². The fraction of sp³-hybridized carbons (Fsp3) is 0. The second-order valence-electron chi connectivity index (χ2n) is 14.8. The number of aromatic nitrogens is 1. The van der Waals surface area contributed by atoms with Crippen LogP contribution in [0.2, 0.25) is 0 Å². The molecule has 0 radical (unpaired) electrons. The van der Waals surface area contributed by atoms with Crippen molar-refractivity contribution in [1.29, 1.82) is 0 Å². The number of fused-ring (bicyclic) bond motifs is 16. The molecule has 0 fully saturated rings. The van der Waals surface area contributed by atoms with E-state index in [0.717, 1.165) is 5.69 Å². The fourth-order valence-electron chi connectivity index (χ4n) is 9.54. The smallest absolute Gasteiger partial charge is 0.0626 e. The van der Waals surface area contributed by atoms with Crippen molar-refractivity contribution in [3.05, 3.63) is 200 Å². The normalized spacial score (nSPS) is 12.0. The molecule has 55 heavy (non-hydrogen) atoms. The van der Waals surface area contributed by atoms with Gasteiger partial charge in [-0.2, -0.15) is 0 Å². The van der Waals surface area contributed by atoms with Crippen LogP contribution in [-0.4, -0.2) is 4.57 Å². The Bertz CT molecular complexity index is 3480. The van der Waals surface area contributed by atoms with Gasteiger partial charge >= 0.3 is 0 Å². The van der Waals surface area contributed by atoms with Crippen molar-refractivity contribution in [2.24, 2.45) is 0 Å². The first-order valence-electron chi connectivity index (χ1n) is 19.1. The van der Waals surface area contributed by atoms with Gasteiger partial charge in [-0.25, -0.2) is 0 Å². The van der Waals surface area contributed by atoms with E-state index in [1.165, 1.54) is 109 Å². The average Bonchev–Trinajstić information content (AvgIpc) is 3.62. The lowest BCUT2D eigenvalue weighted by molar-refractivity contribution is 1.19. The number of para-hydroxylation sites is 1. The molecule has 0 saturated carbocycles. The highest BCUT2D eigenvalue weighted by Crippen LogP contribution is 2.47. The molecule has 0 amide bonds. The highest BCUT2D eigenvalue weighted by atomic mass is 15.0. The zero-order valence-corrected chi connectivity index (χ0v) is 30.0. The Morgan fingerprint density at radius 3 is 1.42 bits per heavy atom. The van der Waals surface area contributed by atoms with Gasteiger partial charge in [-0.1, -0.05) is 170 Å². The number of benzene rings is 11. The minimum absolute atomic E-state index is 1.15. The van der Waals surface area contributed by atoms with Gasteiger partial charge in [0.05, 0.1) is 11.0 Å². The molecule has 0 N–H and O–H groups in total. The van der Waals surface area contributed by atoms with E-state index in [4.69, 9.17) is 0 Å². The summed E-state index contributed by atoms with van der Waals surface area (Å²) in [6.07, 6.45) is 0. The number of hydrogen-bond acceptors (Lipinski definition) is 0. The Labute approximate surface area is 317 Å². The summed E-state index contributed by atoms with van der Waals surface area (Å²) in [5.41, 5.74) is 8.55. The SMILES string of the molecule is c1ccc(-c2cc3c4ccccc4c4c(c5ccccc5n4-c4ccc(-c5ccc6c7ccccc7c7ccccc7c6c5)cc4)c3c3ccccc23)cc1. The third-order valence-electron chi connectivity index (χ3n) is 11.9. The lowest BCUT2D eigenvalue weighted by Crippen LogP contribution is -1.95. The van der Waals surface area contributed by atoms with Crippen molar-refractivity contribution in [2.75, 3.05) is 0 Å². The van der Waals surface area contributed by atoms with E-state index in [-0.39, 0.29) is 0 Å². The molecule has 1 heteroatoms. The molecule has 0 aliphatic rings. The first-order chi connectivity index (χ1) is 27.3. The lowest BCUT2D eigenvalue weighted by atomic mass is 9.88. The third kappa shape index (κ3) is 4.35. The van der Waals surface area contributed by atoms with Crippen molar-refractivity contribution in [1.82, 2.24) is 4.57 Å². The summed E-state index contributed by atoms with van der Waals surface area (Å²) in [6.45, 7) is 0. The molecule has 1 heterocycles. The Morgan fingerprint density at radius 1 is 0.255 bits per heavy atom. The van der Waals surface area contributed by atoms with Crippen LogP contribution in [0.25, 0.3) is 114 Å². The molecule has 1 nitrogen and oxygen atoms in total. The summed E-state index contributed by atoms with van der Waals surface area (Å²) in [5, 5.41) is 18.0. The van der Waals surface area contributed by atoms with E-state index in [9.17, 15) is 0 Å². The van der Waals surface area contributed by atoms with Crippen molar-refractivity contribution in [3.63, 3.8) is 0 Å². The molecule has 0 spiro atoms. The van der Waals surface area contributed by atoms with Crippen LogP contribution < -0.4 is 0 Å². The van der Waals surface area contributed by atoms with Crippen LogP contribution in [0.5, 0.6) is 0 Å². The summed E-state index contributed by atoms with van der Waals surface area (Å²) in [6, 6.07) is 73.9. The summed E-state index contributed by atoms with van der Waals surface area (Å²) >= 11 is 0. The van der Waals surface area contributed by atoms with Crippen LogP contribution in [0.3, 0.4) is 0 Å². The monoisotopic (exact) mass is 695 g/mol. The minimum atomic E-state index is 1.15. The number of hydrogen-bond donors (Lipinski definition) is 0. The third-order valence-corrected chi connectivity index (χ3v) is 11.9. The summed E-state index contributed by atoms with van der Waals surface area (Å²) < 4.78 is 2.50. The van der Waals surface area contributed by atoms with Gasteiger partial charge in [-0.05, 0) is 106 Å². The Balaban J connectivity index is 1.11. The Kier molecular flexibility index (Phi) is 6.40. The predicted octanol–water partition coefficient (Wildman–Crippen LogP) is 15.0. The zero-order chi connectivity index (χ0) is 36.0. The Hall–Kier alpha value is -7.22. The quantitative estimate of drug-likeness (QED) is 0.162. The van der Waals surface area contributed by atoms with E-state index in [1.807, 2.05) is 0 Å². The minimum Gasteiger partial charge on any atom is -0.309 e. The first kappa shape index (κ1) is 30.3. The standard InChI is InChI=1S/C54H33N/c1-2-14-35(15-3-1)48-33-50-43-21-9-11-23-46(43)54-53(52(50)45-22-10-8-20-42(45)48)47-24-12-13-25-51(47)55(54)37-29-26-34(27-30-37)36-28-31-44-40-18-5-4-16-38(40)39-17-6-7-19-41(39)49(44)32-36/h1-33H. The summed E-state index contributed by atoms with van der Waals surface area (Å²) in [4.78, 5) is 0. The van der Waals surface area contributed by atoms with Crippen LogP contribution in [0.15, 0.2) is 200 Å². The van der Waals surface area contributed by atoms with Gasteiger partial charge in [0.15, 0.2) is 0 Å². The molecule has 11 aromatic carbocycles. The van der Waals surface area contributed by atoms with Crippen LogP contribution in [0.1, 0.15) is 0 Å². The molecule has 0 atom stereocenters. The molecule has 0 aliphatic heterocycles. The molecule has 254 valence electrons. The average molecular weight is 696 g/mol. The fourth-order valence-corrected chi connectivity index (χ4v) is 9.54. The highest BCUT2D eigenvalue weighted by Gasteiger charge is 2.21. The summed E-state index contributed by atoms with van der Waals surface area (Å²) in [7, 11) is 0. The van der Waals surface area contributed by atoms with Gasteiger partial charge in [0.2, 0.25) is 0 Å². The van der Waals surface area contributed by atoms with E-state index in [2.05, 4.69) is 205 Å². The van der Waals surface area contributed by atoms with E-state index < -0.39 is 0 Å². The van der Waals surface area contributed by atoms with Crippen LogP contribution in [0.4, 0.5) is 0 Å². The van der Waals surface area contributed by atoms with Gasteiger partial charge < -0.3 is 4.57 Å². The van der Waals surface area contributed by atoms with Gasteiger partial charge in [-0.3, -0.25) is 0 Å². The Morgan fingerprint density at radius 2 is 0.745 bits per heavy atom. The number of nitrogens with zero attached hydrogens (tertiary/aromatic N) is 1. The van der Waals surface area contributed by atoms with Gasteiger partial charge in [0.1, 0.15) is 0 Å². The van der Waals surface area contributed by atoms with Crippen molar-refractivity contribution in [3.8, 4) is 27.9 Å². The topological polar surface area (TPSA) is 4.93 Å². The van der Waals surface area contributed by atoms with Crippen LogP contribution >= 0.6 is 0 Å².